The lowest BCUT2D eigenvalue weighted by molar-refractivity contribution is 0.576. The third-order valence-electron chi connectivity index (χ3n) is 7.63. The molecule has 0 aliphatic rings. The fourth-order valence-corrected chi connectivity index (χ4v) is 10.3. The van der Waals surface area contributed by atoms with Gasteiger partial charge < -0.3 is 0 Å². The monoisotopic (exact) mass is 626 g/mol. The third-order valence-corrected chi connectivity index (χ3v) is 12.6. The van der Waals surface area contributed by atoms with Crippen molar-refractivity contribution in [2.24, 2.45) is 0 Å². The highest BCUT2D eigenvalue weighted by molar-refractivity contribution is 8.08. The van der Waals surface area contributed by atoms with Crippen molar-refractivity contribution in [2.75, 3.05) is 0 Å². The Kier molecular flexibility index (Phi) is 8.60. The molecule has 0 heterocycles. The van der Waals surface area contributed by atoms with Gasteiger partial charge in [-0.15, -0.1) is 0 Å². The number of hydrogen-bond donors (Lipinski definition) is 0. The van der Waals surface area contributed by atoms with Crippen LogP contribution in [0.15, 0.2) is 186 Å². The first-order valence-electron chi connectivity index (χ1n) is 14.5. The zero-order chi connectivity index (χ0) is 31.3. The second-order valence-electron chi connectivity index (χ2n) is 10.5. The van der Waals surface area contributed by atoms with Gasteiger partial charge in [0.15, 0.2) is 24.3 Å². The van der Waals surface area contributed by atoms with Gasteiger partial charge in [-0.05, 0) is 63.2 Å². The van der Waals surface area contributed by atoms with Gasteiger partial charge in [-0.25, -0.2) is 16.8 Å². The van der Waals surface area contributed by atoms with Crippen molar-refractivity contribution in [3.8, 4) is 0 Å². The molecular weight excluding hydrogens is 597 g/mol. The Morgan fingerprint density at radius 3 is 1.07 bits per heavy atom. The van der Waals surface area contributed by atoms with Crippen LogP contribution >= 0.6 is 0 Å². The first-order chi connectivity index (χ1) is 21.9. The first kappa shape index (κ1) is 30.0. The lowest BCUT2D eigenvalue weighted by Crippen LogP contribution is -2.24. The molecule has 0 amide bonds. The van der Waals surface area contributed by atoms with Crippen molar-refractivity contribution >= 4 is 30.8 Å². The van der Waals surface area contributed by atoms with E-state index >= 15 is 0 Å². The van der Waals surface area contributed by atoms with E-state index in [-0.39, 0.29) is 15.4 Å². The molecule has 222 valence electrons. The molecule has 0 atom stereocenters. The molecule has 0 spiro atoms. The highest BCUT2D eigenvalue weighted by atomic mass is 32.3. The van der Waals surface area contributed by atoms with Crippen LogP contribution in [0.5, 0.6) is 0 Å². The normalized spacial score (nSPS) is 11.7. The van der Waals surface area contributed by atoms with Crippen LogP contribution in [-0.2, 0) is 19.7 Å². The second kappa shape index (κ2) is 12.9. The van der Waals surface area contributed by atoms with Gasteiger partial charge in [0.25, 0.3) is 0 Å². The lowest BCUT2D eigenvalue weighted by atomic mass is 9.84. The molecule has 0 saturated heterocycles. The lowest BCUT2D eigenvalue weighted by Gasteiger charge is -2.25. The molecule has 0 aliphatic heterocycles. The molecule has 45 heavy (non-hydrogen) atoms. The molecule has 0 fully saturated rings. The minimum Gasteiger partial charge on any atom is -0.222 e. The van der Waals surface area contributed by atoms with Gasteiger partial charge in [-0.2, -0.15) is 0 Å². The molecule has 0 aliphatic carbocycles. The maximum Gasteiger partial charge on any atom is 0.200 e. The summed E-state index contributed by atoms with van der Waals surface area (Å²) >= 11 is 0. The van der Waals surface area contributed by atoms with Crippen molar-refractivity contribution < 1.29 is 16.8 Å². The Hall–Kier alpha value is -5.04. The molecule has 6 aromatic rings. The van der Waals surface area contributed by atoms with E-state index in [1.54, 1.807) is 48.5 Å². The largest absolute Gasteiger partial charge is 0.222 e. The molecule has 0 bridgehead atoms. The van der Waals surface area contributed by atoms with Gasteiger partial charge in [0.1, 0.15) is 0 Å². The zero-order valence-electron chi connectivity index (χ0n) is 24.3. The maximum atomic E-state index is 14.6. The highest BCUT2D eigenvalue weighted by Crippen LogP contribution is 2.44. The number of hydrogen-bond acceptors (Lipinski definition) is 4. The van der Waals surface area contributed by atoms with Crippen molar-refractivity contribution in [1.29, 1.82) is 0 Å². The summed E-state index contributed by atoms with van der Waals surface area (Å²) in [6.07, 6.45) is 0. The summed E-state index contributed by atoms with van der Waals surface area (Å²) in [4.78, 5) is -0.137. The summed E-state index contributed by atoms with van der Waals surface area (Å²) < 4.78 is 56.4. The van der Waals surface area contributed by atoms with E-state index < -0.39 is 24.3 Å². The fraction of sp³-hybridized carbons (Fsp3) is 0.0256. The Balaban J connectivity index is 1.75. The summed E-state index contributed by atoms with van der Waals surface area (Å²) in [5.41, 5.74) is 4.89. The van der Waals surface area contributed by atoms with Crippen molar-refractivity contribution in [2.45, 2.75) is 14.4 Å². The molecule has 0 aromatic heterocycles. The summed E-state index contributed by atoms with van der Waals surface area (Å²) in [6.45, 7) is 0. The van der Waals surface area contributed by atoms with Crippen LogP contribution in [0.4, 0.5) is 0 Å². The molecular formula is C39H30O4S2. The summed E-state index contributed by atoms with van der Waals surface area (Å²) in [5.74, 6) is 0. The molecule has 0 unspecified atom stereocenters. The average Bonchev–Trinajstić information content (AvgIpc) is 3.09. The van der Waals surface area contributed by atoms with Crippen molar-refractivity contribution in [1.82, 2.24) is 0 Å². The van der Waals surface area contributed by atoms with Gasteiger partial charge in [0.05, 0.1) is 9.79 Å². The topological polar surface area (TPSA) is 68.3 Å². The van der Waals surface area contributed by atoms with E-state index in [0.717, 1.165) is 27.8 Å². The molecule has 0 saturated carbocycles. The molecule has 6 rings (SSSR count). The van der Waals surface area contributed by atoms with Crippen LogP contribution in [-0.4, -0.2) is 16.8 Å². The third kappa shape index (κ3) is 6.03. The van der Waals surface area contributed by atoms with E-state index in [1.165, 1.54) is 24.3 Å². The van der Waals surface area contributed by atoms with Crippen LogP contribution in [0, 0.1) is 0 Å². The maximum absolute atomic E-state index is 14.6. The predicted molar refractivity (Wildman–Crippen MR) is 181 cm³/mol. The molecule has 4 nitrogen and oxygen atoms in total. The van der Waals surface area contributed by atoms with E-state index in [1.807, 2.05) is 103 Å². The van der Waals surface area contributed by atoms with E-state index in [2.05, 4.69) is 0 Å². The van der Waals surface area contributed by atoms with Gasteiger partial charge in [-0.3, -0.25) is 0 Å². The number of sulfone groups is 2. The molecule has 0 radical (unpaired) electrons. The van der Waals surface area contributed by atoms with Gasteiger partial charge in [0, 0.05) is 0 Å². The van der Waals surface area contributed by atoms with E-state index in [9.17, 15) is 16.8 Å². The van der Waals surface area contributed by atoms with E-state index in [4.69, 9.17) is 0 Å². The first-order valence-corrected chi connectivity index (χ1v) is 17.6. The average molecular weight is 627 g/mol. The van der Waals surface area contributed by atoms with Gasteiger partial charge in [-0.1, -0.05) is 152 Å². The van der Waals surface area contributed by atoms with Crippen LogP contribution in [0.2, 0.25) is 0 Å². The quantitative estimate of drug-likeness (QED) is 0.151. The summed E-state index contributed by atoms with van der Waals surface area (Å²) in [6, 6.07) is 51.9. The Bertz CT molecular complexity index is 2040. The second-order valence-corrected chi connectivity index (χ2v) is 14.8. The number of rotatable bonds is 9. The van der Waals surface area contributed by atoms with Gasteiger partial charge in [0.2, 0.25) is 0 Å². The Morgan fingerprint density at radius 1 is 0.356 bits per heavy atom. The van der Waals surface area contributed by atoms with Crippen LogP contribution < -0.4 is 0 Å². The van der Waals surface area contributed by atoms with Crippen LogP contribution in [0.3, 0.4) is 0 Å². The van der Waals surface area contributed by atoms with Crippen LogP contribution in [0.25, 0.3) is 11.1 Å². The minimum absolute atomic E-state index is 0.0686. The Labute approximate surface area is 264 Å². The molecule has 0 N–H and O–H groups in total. The Morgan fingerprint density at radius 2 is 0.667 bits per heavy atom. The minimum atomic E-state index is -4.46. The molecule has 6 aromatic carbocycles. The van der Waals surface area contributed by atoms with Crippen LogP contribution in [0.1, 0.15) is 32.4 Å². The summed E-state index contributed by atoms with van der Waals surface area (Å²) in [7, 11) is -8.93. The predicted octanol–water partition coefficient (Wildman–Crippen LogP) is 8.64. The standard InChI is InChI=1S/C39H30O4S2/c40-44(41,33-24-12-4-13-25-33)39(45(42,43)34-26-14-5-15-27-34)36-29-17-16-28-35(36)38(32-22-10-3-11-23-32)37(30-18-6-1-7-19-30)31-20-8-2-9-21-31/h1-29,39H. The van der Waals surface area contributed by atoms with Crippen molar-refractivity contribution in [3.05, 3.63) is 204 Å². The molecule has 6 heteroatoms. The zero-order valence-corrected chi connectivity index (χ0v) is 25.9. The SMILES string of the molecule is O=S(=O)(c1ccccc1)C(c1ccccc1C(=C(c1ccccc1)c1ccccc1)c1ccccc1)S(=O)(=O)c1ccccc1. The number of benzene rings is 6. The van der Waals surface area contributed by atoms with Crippen molar-refractivity contribution in [3.63, 3.8) is 0 Å². The van der Waals surface area contributed by atoms with Gasteiger partial charge >= 0.3 is 0 Å². The smallest absolute Gasteiger partial charge is 0.200 e. The fourth-order valence-electron chi connectivity index (χ4n) is 5.60. The summed E-state index contributed by atoms with van der Waals surface area (Å²) in [5, 5.41) is 0. The highest BCUT2D eigenvalue weighted by Gasteiger charge is 2.43. The van der Waals surface area contributed by atoms with E-state index in [0.29, 0.717) is 5.56 Å².